The van der Waals surface area contributed by atoms with Crippen molar-refractivity contribution in [2.75, 3.05) is 19.1 Å². The molecule has 0 amide bonds. The fraction of sp³-hybridized carbons (Fsp3) is 0.455. The molecule has 0 aromatic carbocycles. The topological polar surface area (TPSA) is 77.2 Å². The molecule has 2 aromatic heterocycles. The van der Waals surface area contributed by atoms with E-state index in [9.17, 15) is 0 Å². The molecule has 0 N–H and O–H groups in total. The van der Waals surface area contributed by atoms with E-state index in [1.54, 1.807) is 13.3 Å². The SMILES string of the molecule is CO[C@@H](C)c1noc(CN(C)c2cncc(Cl)n2)n1. The quantitative estimate of drug-likeness (QED) is 0.829. The number of halogens is 1. The lowest BCUT2D eigenvalue weighted by Crippen LogP contribution is -2.18. The summed E-state index contributed by atoms with van der Waals surface area (Å²) in [7, 11) is 3.43. The third-order valence-corrected chi connectivity index (χ3v) is 2.74. The summed E-state index contributed by atoms with van der Waals surface area (Å²) >= 11 is 5.79. The van der Waals surface area contributed by atoms with Crippen molar-refractivity contribution < 1.29 is 9.26 Å². The fourth-order valence-electron chi connectivity index (χ4n) is 1.40. The van der Waals surface area contributed by atoms with Crippen LogP contribution in [0.5, 0.6) is 0 Å². The number of methoxy groups -OCH3 is 1. The van der Waals surface area contributed by atoms with E-state index in [4.69, 9.17) is 20.9 Å². The van der Waals surface area contributed by atoms with Crippen molar-refractivity contribution in [1.82, 2.24) is 20.1 Å². The minimum atomic E-state index is -0.200. The van der Waals surface area contributed by atoms with Crippen molar-refractivity contribution in [2.45, 2.75) is 19.6 Å². The third kappa shape index (κ3) is 3.39. The number of anilines is 1. The molecule has 0 aliphatic carbocycles. The molecule has 0 aliphatic rings. The average Bonchev–Trinajstić information content (AvgIpc) is 2.86. The van der Waals surface area contributed by atoms with Gasteiger partial charge in [-0.2, -0.15) is 4.98 Å². The van der Waals surface area contributed by atoms with E-state index in [2.05, 4.69) is 20.1 Å². The van der Waals surface area contributed by atoms with Gasteiger partial charge in [-0.15, -0.1) is 0 Å². The second-order valence-corrected chi connectivity index (χ2v) is 4.37. The van der Waals surface area contributed by atoms with Gasteiger partial charge in [0.2, 0.25) is 5.89 Å². The van der Waals surface area contributed by atoms with E-state index in [0.29, 0.717) is 29.2 Å². The molecule has 0 saturated carbocycles. The second kappa shape index (κ2) is 5.94. The van der Waals surface area contributed by atoms with Crippen LogP contribution in [0.3, 0.4) is 0 Å². The molecule has 0 bridgehead atoms. The van der Waals surface area contributed by atoms with Gasteiger partial charge in [-0.1, -0.05) is 16.8 Å². The molecule has 0 spiro atoms. The van der Waals surface area contributed by atoms with E-state index in [1.165, 1.54) is 6.20 Å². The van der Waals surface area contributed by atoms with Gasteiger partial charge < -0.3 is 14.2 Å². The minimum absolute atomic E-state index is 0.200. The summed E-state index contributed by atoms with van der Waals surface area (Å²) in [5.41, 5.74) is 0. The van der Waals surface area contributed by atoms with Gasteiger partial charge in [0.1, 0.15) is 17.1 Å². The van der Waals surface area contributed by atoms with Crippen LogP contribution in [0.4, 0.5) is 5.82 Å². The highest BCUT2D eigenvalue weighted by atomic mass is 35.5. The number of hydrogen-bond acceptors (Lipinski definition) is 7. The summed E-state index contributed by atoms with van der Waals surface area (Å²) in [5.74, 6) is 1.62. The van der Waals surface area contributed by atoms with E-state index >= 15 is 0 Å². The molecule has 19 heavy (non-hydrogen) atoms. The van der Waals surface area contributed by atoms with E-state index in [-0.39, 0.29) is 6.10 Å². The highest BCUT2D eigenvalue weighted by Gasteiger charge is 2.15. The molecule has 7 nitrogen and oxygen atoms in total. The Hall–Kier alpha value is -1.73. The van der Waals surface area contributed by atoms with Crippen LogP contribution in [0.15, 0.2) is 16.9 Å². The van der Waals surface area contributed by atoms with Crippen molar-refractivity contribution >= 4 is 17.4 Å². The number of rotatable bonds is 5. The maximum atomic E-state index is 5.79. The van der Waals surface area contributed by atoms with Crippen molar-refractivity contribution in [3.63, 3.8) is 0 Å². The lowest BCUT2D eigenvalue weighted by molar-refractivity contribution is 0.109. The van der Waals surface area contributed by atoms with Gasteiger partial charge in [-0.3, -0.25) is 4.98 Å². The third-order valence-electron chi connectivity index (χ3n) is 2.56. The van der Waals surface area contributed by atoms with Gasteiger partial charge in [0.25, 0.3) is 0 Å². The van der Waals surface area contributed by atoms with Crippen LogP contribution >= 0.6 is 11.6 Å². The van der Waals surface area contributed by atoms with Crippen LogP contribution in [0, 0.1) is 0 Å². The molecular formula is C11H14ClN5O2. The van der Waals surface area contributed by atoms with Crippen LogP contribution in [0.25, 0.3) is 0 Å². The molecule has 2 aromatic rings. The Bertz CT molecular complexity index is 547. The number of aromatic nitrogens is 4. The van der Waals surface area contributed by atoms with Crippen LogP contribution in [-0.4, -0.2) is 34.3 Å². The zero-order valence-corrected chi connectivity index (χ0v) is 11.6. The molecular weight excluding hydrogens is 270 g/mol. The predicted octanol–water partition coefficient (Wildman–Crippen LogP) is 1.86. The Morgan fingerprint density at radius 2 is 2.21 bits per heavy atom. The predicted molar refractivity (Wildman–Crippen MR) is 68.9 cm³/mol. The van der Waals surface area contributed by atoms with Crippen molar-refractivity contribution in [3.05, 3.63) is 29.3 Å². The minimum Gasteiger partial charge on any atom is -0.374 e. The molecule has 8 heteroatoms. The van der Waals surface area contributed by atoms with E-state index in [1.807, 2.05) is 18.9 Å². The van der Waals surface area contributed by atoms with Crippen LogP contribution < -0.4 is 4.90 Å². The zero-order valence-electron chi connectivity index (χ0n) is 10.9. The van der Waals surface area contributed by atoms with Crippen molar-refractivity contribution in [2.24, 2.45) is 0 Å². The van der Waals surface area contributed by atoms with Crippen LogP contribution in [0.2, 0.25) is 5.15 Å². The highest BCUT2D eigenvalue weighted by molar-refractivity contribution is 6.29. The maximum Gasteiger partial charge on any atom is 0.246 e. The molecule has 2 rings (SSSR count). The Morgan fingerprint density at radius 1 is 1.42 bits per heavy atom. The normalized spacial score (nSPS) is 12.4. The smallest absolute Gasteiger partial charge is 0.246 e. The average molecular weight is 284 g/mol. The summed E-state index contributed by atoms with van der Waals surface area (Å²) in [4.78, 5) is 14.2. The van der Waals surface area contributed by atoms with Gasteiger partial charge in [0.15, 0.2) is 5.82 Å². The fourth-order valence-corrected chi connectivity index (χ4v) is 1.55. The Balaban J connectivity index is 2.06. The number of hydrogen-bond donors (Lipinski definition) is 0. The van der Waals surface area contributed by atoms with E-state index < -0.39 is 0 Å². The summed E-state index contributed by atoms with van der Waals surface area (Å²) in [5, 5.41) is 4.19. The number of ether oxygens (including phenoxy) is 1. The molecule has 0 aliphatic heterocycles. The molecule has 0 fully saturated rings. The summed E-state index contributed by atoms with van der Waals surface area (Å²) in [6, 6.07) is 0. The molecule has 0 unspecified atom stereocenters. The largest absolute Gasteiger partial charge is 0.374 e. The maximum absolute atomic E-state index is 5.79. The molecule has 102 valence electrons. The first kappa shape index (κ1) is 13.7. The Morgan fingerprint density at radius 3 is 2.89 bits per heavy atom. The van der Waals surface area contributed by atoms with Gasteiger partial charge in [0.05, 0.1) is 18.9 Å². The van der Waals surface area contributed by atoms with Crippen LogP contribution in [0.1, 0.15) is 24.7 Å². The lowest BCUT2D eigenvalue weighted by atomic mass is 10.4. The van der Waals surface area contributed by atoms with E-state index in [0.717, 1.165) is 0 Å². The van der Waals surface area contributed by atoms with Gasteiger partial charge in [0, 0.05) is 14.2 Å². The summed E-state index contributed by atoms with van der Waals surface area (Å²) in [6.07, 6.45) is 2.89. The summed E-state index contributed by atoms with van der Waals surface area (Å²) < 4.78 is 10.3. The Kier molecular flexibility index (Phi) is 4.28. The molecule has 1 atom stereocenters. The van der Waals surface area contributed by atoms with Crippen molar-refractivity contribution in [3.8, 4) is 0 Å². The second-order valence-electron chi connectivity index (χ2n) is 3.98. The monoisotopic (exact) mass is 283 g/mol. The molecule has 2 heterocycles. The first-order chi connectivity index (χ1) is 9.10. The van der Waals surface area contributed by atoms with Gasteiger partial charge in [-0.25, -0.2) is 4.98 Å². The number of nitrogens with zero attached hydrogens (tertiary/aromatic N) is 5. The van der Waals surface area contributed by atoms with Crippen LogP contribution in [-0.2, 0) is 11.3 Å². The molecule has 0 saturated heterocycles. The van der Waals surface area contributed by atoms with Gasteiger partial charge >= 0.3 is 0 Å². The Labute approximate surface area is 115 Å². The highest BCUT2D eigenvalue weighted by Crippen LogP contribution is 2.15. The first-order valence-corrected chi connectivity index (χ1v) is 6.02. The van der Waals surface area contributed by atoms with Gasteiger partial charge in [-0.05, 0) is 6.92 Å². The van der Waals surface area contributed by atoms with Crippen molar-refractivity contribution in [1.29, 1.82) is 0 Å². The molecule has 0 radical (unpaired) electrons. The first-order valence-electron chi connectivity index (χ1n) is 5.64. The zero-order chi connectivity index (χ0) is 13.8. The lowest BCUT2D eigenvalue weighted by Gasteiger charge is -2.14. The standard InChI is InChI=1S/C11H14ClN5O2/c1-7(18-3)11-15-10(19-16-11)6-17(2)9-5-13-4-8(12)14-9/h4-5,7H,6H2,1-3H3/t7-/m0/s1. The summed E-state index contributed by atoms with van der Waals surface area (Å²) in [6.45, 7) is 2.26.